The highest BCUT2D eigenvalue weighted by Gasteiger charge is 2.22. The smallest absolute Gasteiger partial charge is 0.296 e. The van der Waals surface area contributed by atoms with Crippen LogP contribution in [0.1, 0.15) is 16.1 Å². The first-order valence-corrected chi connectivity index (χ1v) is 9.75. The molecule has 1 aromatic heterocycles. The molecule has 1 heterocycles. The Bertz CT molecular complexity index is 1180. The molecule has 30 heavy (non-hydrogen) atoms. The number of rotatable bonds is 5. The van der Waals surface area contributed by atoms with E-state index in [1.165, 1.54) is 11.6 Å². The lowest BCUT2D eigenvalue weighted by molar-refractivity contribution is 0.0942. The van der Waals surface area contributed by atoms with Crippen LogP contribution in [0.2, 0.25) is 10.0 Å². The number of aromatic hydroxyl groups is 1. The number of benzene rings is 2. The van der Waals surface area contributed by atoms with Gasteiger partial charge in [0.1, 0.15) is 5.82 Å². The number of nitrogens with one attached hydrogen (secondary N) is 1. The van der Waals surface area contributed by atoms with E-state index in [1.807, 2.05) is 37.2 Å². The molecule has 0 aliphatic rings. The van der Waals surface area contributed by atoms with Gasteiger partial charge in [0.05, 0.1) is 10.0 Å². The number of amides is 1. The van der Waals surface area contributed by atoms with E-state index in [0.717, 1.165) is 5.69 Å². The van der Waals surface area contributed by atoms with Crippen LogP contribution in [0.4, 0.5) is 5.69 Å². The van der Waals surface area contributed by atoms with Gasteiger partial charge in [0.15, 0.2) is 5.69 Å². The zero-order valence-corrected chi connectivity index (χ0v) is 18.1. The van der Waals surface area contributed by atoms with Crippen LogP contribution < -0.4 is 15.8 Å². The van der Waals surface area contributed by atoms with E-state index in [-0.39, 0.29) is 18.1 Å². The maximum absolute atomic E-state index is 12.7. The lowest BCUT2D eigenvalue weighted by atomic mass is 10.1. The van der Waals surface area contributed by atoms with Crippen molar-refractivity contribution in [2.45, 2.75) is 6.54 Å². The van der Waals surface area contributed by atoms with Crippen molar-refractivity contribution >= 4 is 34.8 Å². The second-order valence-electron chi connectivity index (χ2n) is 6.84. The van der Waals surface area contributed by atoms with Crippen LogP contribution in [0.15, 0.2) is 47.3 Å². The SMILES string of the molecule is CN(C)c1ccccc1-c1nc(C(=O)NCc2ccc(Cl)c(Cl)c2)c(O)c(=O)n1C. The summed E-state index contributed by atoms with van der Waals surface area (Å²) in [5.41, 5.74) is 1.11. The first-order valence-electron chi connectivity index (χ1n) is 8.99. The monoisotopic (exact) mass is 446 g/mol. The molecule has 2 N–H and O–H groups in total. The van der Waals surface area contributed by atoms with E-state index in [9.17, 15) is 14.7 Å². The minimum absolute atomic E-state index is 0.121. The summed E-state index contributed by atoms with van der Waals surface area (Å²) >= 11 is 11.9. The third-order valence-corrected chi connectivity index (χ3v) is 5.28. The van der Waals surface area contributed by atoms with Gasteiger partial charge in [-0.25, -0.2) is 4.98 Å². The molecule has 0 radical (unpaired) electrons. The fourth-order valence-corrected chi connectivity index (χ4v) is 3.28. The Morgan fingerprint density at radius 2 is 1.87 bits per heavy atom. The number of aromatic nitrogens is 2. The van der Waals surface area contributed by atoms with Gasteiger partial charge in [0.2, 0.25) is 5.75 Å². The molecule has 156 valence electrons. The maximum Gasteiger partial charge on any atom is 0.296 e. The van der Waals surface area contributed by atoms with E-state index < -0.39 is 17.2 Å². The first-order chi connectivity index (χ1) is 14.2. The molecule has 0 atom stereocenters. The average Bonchev–Trinajstić information content (AvgIpc) is 2.73. The fraction of sp³-hybridized carbons (Fsp3) is 0.190. The van der Waals surface area contributed by atoms with Crippen molar-refractivity contribution in [1.82, 2.24) is 14.9 Å². The van der Waals surface area contributed by atoms with E-state index in [1.54, 1.807) is 24.3 Å². The molecule has 0 spiro atoms. The Hall–Kier alpha value is -3.03. The topological polar surface area (TPSA) is 87.5 Å². The summed E-state index contributed by atoms with van der Waals surface area (Å²) in [6.45, 7) is 0.121. The second kappa shape index (κ2) is 8.77. The minimum Gasteiger partial charge on any atom is -0.501 e. The van der Waals surface area contributed by atoms with Gasteiger partial charge in [-0.2, -0.15) is 0 Å². The van der Waals surface area contributed by atoms with Gasteiger partial charge in [-0.15, -0.1) is 0 Å². The predicted octanol–water partition coefficient (Wildman–Crippen LogP) is 3.46. The van der Waals surface area contributed by atoms with Crippen LogP contribution >= 0.6 is 23.2 Å². The van der Waals surface area contributed by atoms with Gasteiger partial charge in [-0.1, -0.05) is 41.4 Å². The zero-order chi connectivity index (χ0) is 22.0. The molecule has 0 aliphatic carbocycles. The fourth-order valence-electron chi connectivity index (χ4n) is 2.96. The molecular weight excluding hydrogens is 427 g/mol. The second-order valence-corrected chi connectivity index (χ2v) is 7.65. The Kier molecular flexibility index (Phi) is 6.34. The van der Waals surface area contributed by atoms with Crippen molar-refractivity contribution in [3.05, 3.63) is 74.1 Å². The van der Waals surface area contributed by atoms with Crippen LogP contribution in [-0.4, -0.2) is 34.7 Å². The molecule has 0 saturated carbocycles. The van der Waals surface area contributed by atoms with E-state index in [2.05, 4.69) is 10.3 Å². The highest BCUT2D eigenvalue weighted by molar-refractivity contribution is 6.42. The van der Waals surface area contributed by atoms with Crippen molar-refractivity contribution in [3.63, 3.8) is 0 Å². The lowest BCUT2D eigenvalue weighted by Gasteiger charge is -2.19. The van der Waals surface area contributed by atoms with Crippen molar-refractivity contribution < 1.29 is 9.90 Å². The van der Waals surface area contributed by atoms with E-state index in [0.29, 0.717) is 21.2 Å². The molecule has 0 saturated heterocycles. The number of carbonyl (C=O) groups is 1. The summed E-state index contributed by atoms with van der Waals surface area (Å²) in [6, 6.07) is 12.3. The summed E-state index contributed by atoms with van der Waals surface area (Å²) in [5, 5.41) is 13.7. The molecule has 7 nitrogen and oxygen atoms in total. The first kappa shape index (κ1) is 21.7. The summed E-state index contributed by atoms with van der Waals surface area (Å²) < 4.78 is 1.22. The molecule has 3 rings (SSSR count). The Morgan fingerprint density at radius 1 is 1.17 bits per heavy atom. The third kappa shape index (κ3) is 4.27. The Balaban J connectivity index is 1.98. The van der Waals surface area contributed by atoms with Crippen LogP contribution in [-0.2, 0) is 13.6 Å². The molecule has 3 aromatic rings. The van der Waals surface area contributed by atoms with Gasteiger partial charge in [-0.3, -0.25) is 14.2 Å². The largest absolute Gasteiger partial charge is 0.501 e. The summed E-state index contributed by atoms with van der Waals surface area (Å²) in [7, 11) is 5.22. The molecule has 1 amide bonds. The molecule has 0 aliphatic heterocycles. The number of halogens is 2. The van der Waals surface area contributed by atoms with Crippen molar-refractivity contribution in [2.24, 2.45) is 7.05 Å². The van der Waals surface area contributed by atoms with Gasteiger partial charge in [-0.05, 0) is 29.8 Å². The van der Waals surface area contributed by atoms with Crippen molar-refractivity contribution in [1.29, 1.82) is 0 Å². The van der Waals surface area contributed by atoms with Crippen LogP contribution in [0, 0.1) is 0 Å². The summed E-state index contributed by atoms with van der Waals surface area (Å²) in [4.78, 5) is 31.5. The highest BCUT2D eigenvalue weighted by atomic mass is 35.5. The zero-order valence-electron chi connectivity index (χ0n) is 16.6. The minimum atomic E-state index is -0.715. The molecule has 9 heteroatoms. The van der Waals surface area contributed by atoms with Crippen LogP contribution in [0.5, 0.6) is 5.75 Å². The molecule has 0 unspecified atom stereocenters. The number of carbonyl (C=O) groups excluding carboxylic acids is 1. The number of hydrogen-bond acceptors (Lipinski definition) is 5. The highest BCUT2D eigenvalue weighted by Crippen LogP contribution is 2.28. The standard InChI is InChI=1S/C21H20Cl2N4O3/c1-26(2)16-7-5-4-6-13(16)19-25-17(18(28)21(30)27(19)3)20(29)24-11-12-8-9-14(22)15(23)10-12/h4-10,28H,11H2,1-3H3,(H,24,29). The lowest BCUT2D eigenvalue weighted by Crippen LogP contribution is -2.29. The Labute approximate surface area is 183 Å². The van der Waals surface area contributed by atoms with E-state index in [4.69, 9.17) is 23.2 Å². The molecule has 0 fully saturated rings. The molecule has 2 aromatic carbocycles. The van der Waals surface area contributed by atoms with Gasteiger partial charge >= 0.3 is 0 Å². The maximum atomic E-state index is 12.7. The normalized spacial score (nSPS) is 10.7. The molecule has 0 bridgehead atoms. The number of nitrogens with zero attached hydrogens (tertiary/aromatic N) is 3. The quantitative estimate of drug-likeness (QED) is 0.626. The predicted molar refractivity (Wildman–Crippen MR) is 119 cm³/mol. The average molecular weight is 447 g/mol. The van der Waals surface area contributed by atoms with Crippen molar-refractivity contribution in [3.8, 4) is 17.1 Å². The van der Waals surface area contributed by atoms with Gasteiger partial charge < -0.3 is 15.3 Å². The summed E-state index contributed by atoms with van der Waals surface area (Å²) in [5.74, 6) is -1.13. The van der Waals surface area contributed by atoms with Gasteiger partial charge in [0, 0.05) is 38.9 Å². The third-order valence-electron chi connectivity index (χ3n) is 4.55. The van der Waals surface area contributed by atoms with Crippen LogP contribution in [0.3, 0.4) is 0 Å². The Morgan fingerprint density at radius 3 is 2.53 bits per heavy atom. The van der Waals surface area contributed by atoms with Crippen molar-refractivity contribution in [2.75, 3.05) is 19.0 Å². The molecular formula is C21H20Cl2N4O3. The number of hydrogen-bond donors (Lipinski definition) is 2. The van der Waals surface area contributed by atoms with E-state index >= 15 is 0 Å². The number of anilines is 1. The van der Waals surface area contributed by atoms with Gasteiger partial charge in [0.25, 0.3) is 11.5 Å². The van der Waals surface area contributed by atoms with Crippen LogP contribution in [0.25, 0.3) is 11.4 Å². The number of para-hydroxylation sites is 1. The summed E-state index contributed by atoms with van der Waals surface area (Å²) in [6.07, 6.45) is 0.